The number of hydrogen-bond donors (Lipinski definition) is 2. The summed E-state index contributed by atoms with van der Waals surface area (Å²) in [6.45, 7) is 0. The van der Waals surface area contributed by atoms with E-state index in [1.54, 1.807) is 6.20 Å². The van der Waals surface area contributed by atoms with Crippen LogP contribution < -0.4 is 11.3 Å². The van der Waals surface area contributed by atoms with E-state index in [4.69, 9.17) is 5.73 Å². The maximum Gasteiger partial charge on any atom is 0.255 e. The van der Waals surface area contributed by atoms with Gasteiger partial charge in [-0.15, -0.1) is 0 Å². The number of nitrogens with zero attached hydrogens (tertiary/aromatic N) is 1. The molecule has 2 rings (SSSR count). The first-order valence-electron chi connectivity index (χ1n) is 4.62. The van der Waals surface area contributed by atoms with Crippen molar-refractivity contribution in [3.05, 3.63) is 22.1 Å². The van der Waals surface area contributed by atoms with E-state index in [1.807, 2.05) is 0 Å². The average molecular weight is 179 g/mol. The molecule has 1 heterocycles. The molecule has 0 aromatic carbocycles. The molecule has 1 aromatic rings. The van der Waals surface area contributed by atoms with Crippen LogP contribution in [-0.4, -0.2) is 9.97 Å². The van der Waals surface area contributed by atoms with Crippen LogP contribution in [-0.2, 0) is 0 Å². The number of nitrogens with one attached hydrogen (secondary N) is 1. The summed E-state index contributed by atoms with van der Waals surface area (Å²) < 4.78 is 0. The molecule has 0 spiro atoms. The monoisotopic (exact) mass is 179 g/mol. The molecule has 0 radical (unpaired) electrons. The van der Waals surface area contributed by atoms with Crippen molar-refractivity contribution in [1.82, 2.24) is 9.97 Å². The third kappa shape index (κ3) is 1.56. The van der Waals surface area contributed by atoms with Crippen LogP contribution in [0.2, 0.25) is 0 Å². The third-order valence-electron chi connectivity index (χ3n) is 2.64. The lowest BCUT2D eigenvalue weighted by molar-refractivity contribution is 0.706. The highest BCUT2D eigenvalue weighted by atomic mass is 16.1. The predicted octanol–water partition coefficient (Wildman–Crippen LogP) is 1.01. The number of nitrogens with two attached hydrogens (primary N) is 1. The number of aromatic nitrogens is 2. The molecular weight excluding hydrogens is 166 g/mol. The molecule has 0 amide bonds. The number of rotatable bonds is 1. The molecule has 1 aliphatic rings. The summed E-state index contributed by atoms with van der Waals surface area (Å²) in [6, 6.07) is 0. The Hall–Kier alpha value is -1.32. The van der Waals surface area contributed by atoms with Gasteiger partial charge in [0, 0.05) is 11.8 Å². The van der Waals surface area contributed by atoms with Crippen molar-refractivity contribution in [2.45, 2.75) is 31.6 Å². The van der Waals surface area contributed by atoms with Crippen LogP contribution >= 0.6 is 0 Å². The van der Waals surface area contributed by atoms with Crippen LogP contribution in [0.5, 0.6) is 0 Å². The molecule has 1 fully saturated rings. The summed E-state index contributed by atoms with van der Waals surface area (Å²) in [5.41, 5.74) is 6.09. The van der Waals surface area contributed by atoms with Crippen LogP contribution in [0.25, 0.3) is 0 Å². The van der Waals surface area contributed by atoms with Gasteiger partial charge >= 0.3 is 0 Å². The molecule has 1 aromatic heterocycles. The van der Waals surface area contributed by atoms with E-state index in [2.05, 4.69) is 9.97 Å². The van der Waals surface area contributed by atoms with Gasteiger partial charge in [0.05, 0.1) is 0 Å². The largest absolute Gasteiger partial charge is 0.369 e. The molecule has 4 nitrogen and oxygen atoms in total. The Kier molecular flexibility index (Phi) is 2.04. The molecule has 0 saturated heterocycles. The minimum absolute atomic E-state index is 0.0700. The first kappa shape index (κ1) is 8.29. The summed E-state index contributed by atoms with van der Waals surface area (Å²) in [4.78, 5) is 17.9. The quantitative estimate of drug-likeness (QED) is 0.675. The zero-order valence-corrected chi connectivity index (χ0v) is 7.42. The van der Waals surface area contributed by atoms with Gasteiger partial charge < -0.3 is 5.73 Å². The number of aromatic amines is 1. The Balaban J connectivity index is 2.34. The molecule has 13 heavy (non-hydrogen) atoms. The third-order valence-corrected chi connectivity index (χ3v) is 2.64. The van der Waals surface area contributed by atoms with Crippen molar-refractivity contribution in [2.75, 3.05) is 5.73 Å². The van der Waals surface area contributed by atoms with Gasteiger partial charge in [-0.2, -0.15) is 0 Å². The summed E-state index contributed by atoms with van der Waals surface area (Å²) in [7, 11) is 0. The molecule has 0 bridgehead atoms. The Morgan fingerprint density at radius 3 is 2.77 bits per heavy atom. The highest BCUT2D eigenvalue weighted by molar-refractivity contribution is 5.20. The molecule has 0 aliphatic heterocycles. The number of nitrogen functional groups attached to an aromatic ring is 1. The lowest BCUT2D eigenvalue weighted by atomic mass is 10.0. The Labute approximate surface area is 76.2 Å². The van der Waals surface area contributed by atoms with E-state index >= 15 is 0 Å². The second kappa shape index (κ2) is 3.20. The number of H-pyrrole nitrogens is 1. The second-order valence-electron chi connectivity index (χ2n) is 3.53. The maximum absolute atomic E-state index is 11.5. The molecule has 3 N–H and O–H groups in total. The van der Waals surface area contributed by atoms with E-state index < -0.39 is 0 Å². The molecule has 1 aliphatic carbocycles. The summed E-state index contributed by atoms with van der Waals surface area (Å²) >= 11 is 0. The van der Waals surface area contributed by atoms with E-state index in [1.165, 1.54) is 12.8 Å². The minimum atomic E-state index is -0.0700. The van der Waals surface area contributed by atoms with Gasteiger partial charge in [0.2, 0.25) is 0 Å². The van der Waals surface area contributed by atoms with Gasteiger partial charge in [-0.25, -0.2) is 4.98 Å². The average Bonchev–Trinajstić information content (AvgIpc) is 2.56. The Morgan fingerprint density at radius 1 is 1.46 bits per heavy atom. The number of anilines is 1. The zero-order valence-electron chi connectivity index (χ0n) is 7.42. The molecule has 70 valence electrons. The van der Waals surface area contributed by atoms with Crippen LogP contribution in [0.1, 0.15) is 37.2 Å². The van der Waals surface area contributed by atoms with Crippen LogP contribution in [0, 0.1) is 0 Å². The zero-order chi connectivity index (χ0) is 9.26. The lowest BCUT2D eigenvalue weighted by Gasteiger charge is -2.06. The SMILES string of the molecule is Nc1ncc(C2CCCC2)c(=O)[nH]1. The van der Waals surface area contributed by atoms with Crippen LogP contribution in [0.15, 0.2) is 11.0 Å². The smallest absolute Gasteiger partial charge is 0.255 e. The normalized spacial score (nSPS) is 17.8. The maximum atomic E-state index is 11.5. The first-order chi connectivity index (χ1) is 6.27. The van der Waals surface area contributed by atoms with Gasteiger partial charge in [-0.05, 0) is 18.8 Å². The first-order valence-corrected chi connectivity index (χ1v) is 4.62. The van der Waals surface area contributed by atoms with Crippen molar-refractivity contribution in [3.8, 4) is 0 Å². The molecule has 4 heteroatoms. The lowest BCUT2D eigenvalue weighted by Crippen LogP contribution is -2.17. The predicted molar refractivity (Wildman–Crippen MR) is 50.5 cm³/mol. The van der Waals surface area contributed by atoms with Crippen molar-refractivity contribution < 1.29 is 0 Å². The van der Waals surface area contributed by atoms with Gasteiger partial charge in [0.1, 0.15) is 0 Å². The van der Waals surface area contributed by atoms with Gasteiger partial charge in [-0.3, -0.25) is 9.78 Å². The summed E-state index contributed by atoms with van der Waals surface area (Å²) in [6.07, 6.45) is 6.26. The van der Waals surface area contributed by atoms with Crippen molar-refractivity contribution in [2.24, 2.45) is 0 Å². The summed E-state index contributed by atoms with van der Waals surface area (Å²) in [5.74, 6) is 0.601. The Bertz CT molecular complexity index is 352. The van der Waals surface area contributed by atoms with E-state index in [9.17, 15) is 4.79 Å². The fourth-order valence-electron chi connectivity index (χ4n) is 1.95. The topological polar surface area (TPSA) is 71.8 Å². The summed E-state index contributed by atoms with van der Waals surface area (Å²) in [5, 5.41) is 0. The Morgan fingerprint density at radius 2 is 2.15 bits per heavy atom. The highest BCUT2D eigenvalue weighted by Crippen LogP contribution is 2.31. The van der Waals surface area contributed by atoms with Crippen LogP contribution in [0.4, 0.5) is 5.95 Å². The molecule has 0 unspecified atom stereocenters. The van der Waals surface area contributed by atoms with Crippen LogP contribution in [0.3, 0.4) is 0 Å². The highest BCUT2D eigenvalue weighted by Gasteiger charge is 2.19. The fraction of sp³-hybridized carbons (Fsp3) is 0.556. The van der Waals surface area contributed by atoms with Gasteiger partial charge in [0.15, 0.2) is 5.95 Å². The molecular formula is C9H13N3O. The standard InChI is InChI=1S/C9H13N3O/c10-9-11-5-7(8(13)12-9)6-3-1-2-4-6/h5-6H,1-4H2,(H3,10,11,12,13). The van der Waals surface area contributed by atoms with Crippen molar-refractivity contribution in [3.63, 3.8) is 0 Å². The van der Waals surface area contributed by atoms with E-state index in [-0.39, 0.29) is 11.5 Å². The van der Waals surface area contributed by atoms with Gasteiger partial charge in [-0.1, -0.05) is 12.8 Å². The second-order valence-corrected chi connectivity index (χ2v) is 3.53. The fourth-order valence-corrected chi connectivity index (χ4v) is 1.95. The van der Waals surface area contributed by atoms with E-state index in [0.29, 0.717) is 5.92 Å². The van der Waals surface area contributed by atoms with Crippen molar-refractivity contribution >= 4 is 5.95 Å². The van der Waals surface area contributed by atoms with Gasteiger partial charge in [0.25, 0.3) is 5.56 Å². The molecule has 1 saturated carbocycles. The molecule has 0 atom stereocenters. The van der Waals surface area contributed by atoms with Crippen molar-refractivity contribution in [1.29, 1.82) is 0 Å². The minimum Gasteiger partial charge on any atom is -0.369 e. The van der Waals surface area contributed by atoms with E-state index in [0.717, 1.165) is 18.4 Å². The number of hydrogen-bond acceptors (Lipinski definition) is 3.